The average Bonchev–Trinajstić information content (AvgIpc) is 1.14. The van der Waals surface area contributed by atoms with E-state index >= 15 is 14.4 Å². The number of benzene rings is 1. The molecule has 5 saturated carbocycles. The molecule has 0 unspecified atom stereocenters. The molecule has 14 rings (SSSR count). The Kier molecular flexibility index (Phi) is 14.4. The molecular weight excluding hydrogens is 1070 g/mol. The lowest BCUT2D eigenvalue weighted by Gasteiger charge is -2.74. The van der Waals surface area contributed by atoms with Crippen LogP contribution in [0.5, 0.6) is 0 Å². The number of rotatable bonds is 12. The summed E-state index contributed by atoms with van der Waals surface area (Å²) in [6.07, 6.45) is 17.1. The molecule has 2 spiro atoms. The fraction of sp³-hybridized carbons (Fsp3) is 0.743. The summed E-state index contributed by atoms with van der Waals surface area (Å²) in [4.78, 5) is 51.7. The molecule has 16 atom stereocenters. The molecule has 12 heteroatoms. The van der Waals surface area contributed by atoms with E-state index in [1.807, 2.05) is 20.9 Å². The first-order valence-corrected chi connectivity index (χ1v) is 34.2. The van der Waals surface area contributed by atoms with Gasteiger partial charge < -0.3 is 44.8 Å². The average molecular weight is 1180 g/mol. The minimum atomic E-state index is -1.08. The number of nitrogens with zero attached hydrogens (tertiary/aromatic N) is 1. The van der Waals surface area contributed by atoms with Gasteiger partial charge in [-0.2, -0.15) is 0 Å². The number of fused-ring (bicyclic) bond motifs is 5. The summed E-state index contributed by atoms with van der Waals surface area (Å²) < 4.78 is 14.6. The van der Waals surface area contributed by atoms with Crippen LogP contribution < -0.4 is 5.32 Å². The summed E-state index contributed by atoms with van der Waals surface area (Å²) in [6, 6.07) is 4.74. The zero-order valence-electron chi connectivity index (χ0n) is 53.4. The van der Waals surface area contributed by atoms with E-state index in [4.69, 9.17) is 9.47 Å². The van der Waals surface area contributed by atoms with E-state index in [9.17, 15) is 20.4 Å². The van der Waals surface area contributed by atoms with Gasteiger partial charge in [0.2, 0.25) is 0 Å². The molecule has 12 nitrogen and oxygen atoms in total. The second-order valence-electron chi connectivity index (χ2n) is 32.4. The third-order valence-electron chi connectivity index (χ3n) is 27.4. The van der Waals surface area contributed by atoms with Crippen LogP contribution in [0, 0.1) is 79.8 Å². The van der Waals surface area contributed by atoms with E-state index in [0.29, 0.717) is 122 Å². The predicted molar refractivity (Wildman–Crippen MR) is 332 cm³/mol. The van der Waals surface area contributed by atoms with Crippen LogP contribution in [-0.2, 0) is 48.8 Å². The van der Waals surface area contributed by atoms with Crippen LogP contribution in [0.25, 0.3) is 11.0 Å². The minimum Gasteiger partial charge on any atom is -0.393 e. The quantitative estimate of drug-likeness (QED) is 0.0753. The number of hydrogen-bond acceptors (Lipinski definition) is 10. The summed E-state index contributed by atoms with van der Waals surface area (Å²) in [5.41, 5.74) is 4.34. The summed E-state index contributed by atoms with van der Waals surface area (Å²) in [5.74, 6) is 6.92. The maximum Gasteiger partial charge on any atom is 0.160 e. The molecule has 86 heavy (non-hydrogen) atoms. The number of hydrogen-bond donors (Lipinski definition) is 6. The highest BCUT2D eigenvalue weighted by Gasteiger charge is 2.79. The highest BCUT2D eigenvalue weighted by molar-refractivity contribution is 6.02. The molecule has 7 fully saturated rings. The van der Waals surface area contributed by atoms with Gasteiger partial charge in [0, 0.05) is 110 Å². The molecule has 6 N–H and O–H groups in total. The van der Waals surface area contributed by atoms with E-state index in [0.717, 1.165) is 94.9 Å². The maximum absolute atomic E-state index is 16.3. The number of aliphatic hydroxyl groups is 4. The van der Waals surface area contributed by atoms with Crippen molar-refractivity contribution in [1.29, 1.82) is 0 Å². The SMILES string of the molecule is CNCC[C@]1(C)C(=O)C[C@]2(CC[C@H](O)C2)[C@]2(C)[C@H]1CC[C@]13CC#CC[C@@H]4Cc5c[nH]c6c([C@H]7C(=O)[C@H](CCC(C)C)Cc8c7cc(C7CCCCC7)cc8C7(O)CCOCC7)cn(c56)C[C@H](C5=C(C(=O)C[C@@]51C)[C@]4(C)C[C@@H](O)[C@H]1OC1(C)C)[C@@H](O)[C@@H]32. The van der Waals surface area contributed by atoms with Gasteiger partial charge >= 0.3 is 0 Å². The van der Waals surface area contributed by atoms with Crippen molar-refractivity contribution in [3.8, 4) is 11.8 Å². The van der Waals surface area contributed by atoms with Crippen LogP contribution in [0.3, 0.4) is 0 Å². The number of aliphatic hydroxyl groups excluding tert-OH is 3. The van der Waals surface area contributed by atoms with Crippen LogP contribution in [-0.4, -0.2) is 104 Å². The summed E-state index contributed by atoms with van der Waals surface area (Å²) in [7, 11) is 1.96. The standard InChI is InChI=1S/C74H101N3O9/c1-42(2)18-19-44-32-49-50(33-45(43-15-11-10-12-16-43)34-53(49)74(84)26-29-85-30-27-74)58(63(44)82)51-40-77-41-52-59-60-54(79)37-70(59,7)73(22-14-13-17-47(31-46-39-76-61(51)62(46)77)69(60,6)36-55(80)66-67(3,4)86-66)24-21-56-68(5,25-28-75-9)57(81)38-72(23-20-48(78)35-72)71(56,8)65(73)64(52)83/h33-34,39-40,42-44,47-48,52,55-56,58,64-66,75-76,78,80,83-84H,10-12,15-32,35-38,41H2,1-9H3/t44-,47-,48+,52-,55-,56+,58+,64-,65-,66-,68+,69-,70+,71-,72-,73+/m1/s1. The van der Waals surface area contributed by atoms with Crippen LogP contribution in [0.4, 0.5) is 0 Å². The second-order valence-corrected chi connectivity index (χ2v) is 32.4. The van der Waals surface area contributed by atoms with Gasteiger partial charge in [-0.3, -0.25) is 14.4 Å². The third kappa shape index (κ3) is 8.54. The van der Waals surface area contributed by atoms with Gasteiger partial charge in [-0.1, -0.05) is 79.4 Å². The van der Waals surface area contributed by atoms with Gasteiger partial charge in [0.1, 0.15) is 17.7 Å². The first-order valence-electron chi connectivity index (χ1n) is 34.2. The Balaban J connectivity index is 1.01. The zero-order valence-corrected chi connectivity index (χ0v) is 53.4. The number of Topliss-reactive ketones (excluding diaryl/α,β-unsaturated/α-hetero) is 3. The second kappa shape index (κ2) is 20.8. The molecule has 1 aromatic carbocycles. The zero-order chi connectivity index (χ0) is 60.5. The lowest BCUT2D eigenvalue weighted by molar-refractivity contribution is -0.266. The number of aromatic amines is 1. The Morgan fingerprint density at radius 2 is 1.65 bits per heavy atom. The number of carbonyl (C=O) groups excluding carboxylic acids is 3. The molecule has 3 aliphatic heterocycles. The summed E-state index contributed by atoms with van der Waals surface area (Å²) in [5, 5.41) is 55.6. The molecule has 0 radical (unpaired) electrons. The Hall–Kier alpha value is -3.93. The molecule has 8 aliphatic carbocycles. The van der Waals surface area contributed by atoms with Crippen LogP contribution in [0.2, 0.25) is 0 Å². The van der Waals surface area contributed by atoms with Gasteiger partial charge in [0.05, 0.1) is 46.5 Å². The molecule has 11 aliphatic rings. The van der Waals surface area contributed by atoms with E-state index in [2.05, 4.69) is 92.8 Å². The molecule has 2 saturated heterocycles. The van der Waals surface area contributed by atoms with Crippen molar-refractivity contribution in [2.45, 2.75) is 251 Å². The maximum atomic E-state index is 16.3. The molecule has 3 aromatic rings. The molecule has 2 aromatic heterocycles. The molecule has 466 valence electrons. The van der Waals surface area contributed by atoms with Gasteiger partial charge in [-0.05, 0) is 184 Å². The van der Waals surface area contributed by atoms with Crippen molar-refractivity contribution in [1.82, 2.24) is 14.9 Å². The normalized spacial score (nSPS) is 40.9. The highest BCUT2D eigenvalue weighted by Crippen LogP contribution is 2.81. The molecule has 0 amide bonds. The monoisotopic (exact) mass is 1180 g/mol. The van der Waals surface area contributed by atoms with Crippen LogP contribution >= 0.6 is 0 Å². The lowest BCUT2D eigenvalue weighted by Crippen LogP contribution is -2.73. The Labute approximate surface area is 511 Å². The number of epoxide rings is 1. The fourth-order valence-electron chi connectivity index (χ4n) is 22.7. The van der Waals surface area contributed by atoms with E-state index in [-0.39, 0.29) is 41.5 Å². The smallest absolute Gasteiger partial charge is 0.160 e. The van der Waals surface area contributed by atoms with Crippen molar-refractivity contribution in [2.75, 3.05) is 26.8 Å². The van der Waals surface area contributed by atoms with Crippen molar-refractivity contribution >= 4 is 28.4 Å². The number of H-pyrrole nitrogens is 1. The number of nitrogens with one attached hydrogen (secondary N) is 2. The van der Waals surface area contributed by atoms with E-state index < -0.39 is 85.9 Å². The van der Waals surface area contributed by atoms with Crippen molar-refractivity contribution in [3.63, 3.8) is 0 Å². The molecule has 5 bridgehead atoms. The topological polar surface area (TPSA) is 187 Å². The fourth-order valence-corrected chi connectivity index (χ4v) is 22.7. The van der Waals surface area contributed by atoms with E-state index in [1.165, 1.54) is 12.0 Å². The number of carbonyl (C=O) groups is 3. The van der Waals surface area contributed by atoms with Crippen molar-refractivity contribution < 1.29 is 44.3 Å². The largest absolute Gasteiger partial charge is 0.393 e. The van der Waals surface area contributed by atoms with Crippen molar-refractivity contribution in [3.05, 3.63) is 69.1 Å². The number of ketones is 3. The predicted octanol–water partition coefficient (Wildman–Crippen LogP) is 11.6. The summed E-state index contributed by atoms with van der Waals surface area (Å²) in [6.45, 7) is 19.8. The lowest BCUT2D eigenvalue weighted by atomic mass is 9.29. The van der Waals surface area contributed by atoms with Gasteiger partial charge in [0.25, 0.3) is 0 Å². The Bertz CT molecular complexity index is 3340. The highest BCUT2D eigenvalue weighted by atomic mass is 16.6. The van der Waals surface area contributed by atoms with Gasteiger partial charge in [-0.25, -0.2) is 0 Å². The van der Waals surface area contributed by atoms with Crippen molar-refractivity contribution in [2.24, 2.45) is 68.0 Å². The first kappa shape index (κ1) is 59.7. The molecule has 5 heterocycles. The summed E-state index contributed by atoms with van der Waals surface area (Å²) >= 11 is 0. The first-order chi connectivity index (χ1) is 40.9. The minimum absolute atomic E-state index is 0.0924. The van der Waals surface area contributed by atoms with Gasteiger partial charge in [-0.15, -0.1) is 11.8 Å². The molecular formula is C74H101N3O9. The van der Waals surface area contributed by atoms with Gasteiger partial charge in [0.15, 0.2) is 5.78 Å². The number of allylic oxidation sites excluding steroid dienone is 1. The Morgan fingerprint density at radius 3 is 2.35 bits per heavy atom. The third-order valence-corrected chi connectivity index (χ3v) is 27.4. The number of aromatic nitrogens is 2. The Morgan fingerprint density at radius 1 is 0.895 bits per heavy atom. The van der Waals surface area contributed by atoms with Crippen LogP contribution in [0.1, 0.15) is 229 Å². The van der Waals surface area contributed by atoms with E-state index in [1.54, 1.807) is 0 Å². The van der Waals surface area contributed by atoms with Crippen LogP contribution in [0.15, 0.2) is 35.7 Å². The number of ether oxygens (including phenoxy) is 2.